The SMILES string of the molecule is O=C(NCCc1cn2ccccc2n1)NCc1ccc2c(c1)OCCO2. The summed E-state index contributed by atoms with van der Waals surface area (Å²) in [5, 5.41) is 5.70. The number of fused-ring (bicyclic) bond motifs is 2. The molecule has 1 aromatic carbocycles. The predicted molar refractivity (Wildman–Crippen MR) is 96.6 cm³/mol. The van der Waals surface area contributed by atoms with E-state index in [1.807, 2.05) is 53.2 Å². The van der Waals surface area contributed by atoms with Crippen LogP contribution >= 0.6 is 0 Å². The van der Waals surface area contributed by atoms with Crippen molar-refractivity contribution < 1.29 is 14.3 Å². The molecule has 0 saturated carbocycles. The number of nitrogens with zero attached hydrogens (tertiary/aromatic N) is 2. The normalized spacial score (nSPS) is 12.8. The minimum atomic E-state index is -0.205. The molecule has 0 bridgehead atoms. The van der Waals surface area contributed by atoms with Gasteiger partial charge in [0.25, 0.3) is 0 Å². The molecule has 0 spiro atoms. The molecule has 2 amide bonds. The molecule has 0 fully saturated rings. The summed E-state index contributed by atoms with van der Waals surface area (Å²) in [4.78, 5) is 16.5. The average Bonchev–Trinajstić information content (AvgIpc) is 3.09. The number of carbonyl (C=O) groups excluding carboxylic acids is 1. The Balaban J connectivity index is 1.24. The van der Waals surface area contributed by atoms with Crippen molar-refractivity contribution in [1.82, 2.24) is 20.0 Å². The van der Waals surface area contributed by atoms with Gasteiger partial charge in [0.05, 0.1) is 5.69 Å². The van der Waals surface area contributed by atoms with Gasteiger partial charge in [0.2, 0.25) is 0 Å². The minimum absolute atomic E-state index is 0.205. The van der Waals surface area contributed by atoms with Crippen molar-refractivity contribution in [2.45, 2.75) is 13.0 Å². The van der Waals surface area contributed by atoms with E-state index in [0.717, 1.165) is 28.4 Å². The lowest BCUT2D eigenvalue weighted by atomic mass is 10.2. The van der Waals surface area contributed by atoms with E-state index in [0.29, 0.717) is 32.7 Å². The van der Waals surface area contributed by atoms with Gasteiger partial charge in [0.1, 0.15) is 18.9 Å². The molecular formula is C19H20N4O3. The highest BCUT2D eigenvalue weighted by Gasteiger charge is 2.12. The fourth-order valence-electron chi connectivity index (χ4n) is 2.85. The maximum atomic E-state index is 12.0. The highest BCUT2D eigenvalue weighted by molar-refractivity contribution is 5.73. The predicted octanol–water partition coefficient (Wildman–Crippen LogP) is 2.15. The number of carbonyl (C=O) groups is 1. The standard InChI is InChI=1S/C19H20N4O3/c24-19(20-7-6-15-13-23-8-2-1-3-18(23)22-15)21-12-14-4-5-16-17(11-14)26-10-9-25-16/h1-5,8,11,13H,6-7,9-10,12H2,(H2,20,21,24). The Morgan fingerprint density at radius 3 is 2.88 bits per heavy atom. The molecular weight excluding hydrogens is 332 g/mol. The number of hydrogen-bond acceptors (Lipinski definition) is 4. The van der Waals surface area contributed by atoms with E-state index in [4.69, 9.17) is 9.47 Å². The van der Waals surface area contributed by atoms with Crippen LogP contribution < -0.4 is 20.1 Å². The average molecular weight is 352 g/mol. The smallest absolute Gasteiger partial charge is 0.315 e. The van der Waals surface area contributed by atoms with Crippen molar-refractivity contribution in [3.05, 3.63) is 60.0 Å². The summed E-state index contributed by atoms with van der Waals surface area (Å²) >= 11 is 0. The lowest BCUT2D eigenvalue weighted by molar-refractivity contribution is 0.171. The van der Waals surface area contributed by atoms with E-state index < -0.39 is 0 Å². The first kappa shape index (κ1) is 16.3. The number of hydrogen-bond donors (Lipinski definition) is 2. The van der Waals surface area contributed by atoms with E-state index in [1.54, 1.807) is 0 Å². The third-order valence-corrected chi connectivity index (χ3v) is 4.14. The Labute approximate surface area is 150 Å². The second kappa shape index (κ2) is 7.35. The second-order valence-corrected chi connectivity index (χ2v) is 6.04. The van der Waals surface area contributed by atoms with E-state index in [9.17, 15) is 4.79 Å². The Morgan fingerprint density at radius 2 is 2.00 bits per heavy atom. The first-order valence-corrected chi connectivity index (χ1v) is 8.61. The molecule has 3 heterocycles. The maximum Gasteiger partial charge on any atom is 0.315 e. The quantitative estimate of drug-likeness (QED) is 0.738. The van der Waals surface area contributed by atoms with E-state index in [-0.39, 0.29) is 6.03 Å². The van der Waals surface area contributed by atoms with Gasteiger partial charge in [0.15, 0.2) is 11.5 Å². The van der Waals surface area contributed by atoms with Gasteiger partial charge in [-0.05, 0) is 29.8 Å². The monoisotopic (exact) mass is 352 g/mol. The number of nitrogens with one attached hydrogen (secondary N) is 2. The van der Waals surface area contributed by atoms with E-state index >= 15 is 0 Å². The highest BCUT2D eigenvalue weighted by atomic mass is 16.6. The van der Waals surface area contributed by atoms with Gasteiger partial charge in [-0.3, -0.25) is 0 Å². The number of rotatable bonds is 5. The molecule has 3 aromatic rings. The Morgan fingerprint density at radius 1 is 1.12 bits per heavy atom. The molecule has 0 saturated heterocycles. The van der Waals surface area contributed by atoms with Crippen LogP contribution in [0.4, 0.5) is 4.79 Å². The zero-order chi connectivity index (χ0) is 17.8. The summed E-state index contributed by atoms with van der Waals surface area (Å²) in [6.07, 6.45) is 4.61. The van der Waals surface area contributed by atoms with Crippen LogP contribution in [-0.4, -0.2) is 35.2 Å². The van der Waals surface area contributed by atoms with Gasteiger partial charge < -0.3 is 24.5 Å². The fraction of sp³-hybridized carbons (Fsp3) is 0.263. The fourth-order valence-corrected chi connectivity index (χ4v) is 2.85. The van der Waals surface area contributed by atoms with Gasteiger partial charge in [0, 0.05) is 31.9 Å². The van der Waals surface area contributed by atoms with Crippen LogP contribution in [0.5, 0.6) is 11.5 Å². The zero-order valence-corrected chi connectivity index (χ0v) is 14.3. The minimum Gasteiger partial charge on any atom is -0.486 e. The van der Waals surface area contributed by atoms with Crippen LogP contribution in [0.3, 0.4) is 0 Å². The lowest BCUT2D eigenvalue weighted by Crippen LogP contribution is -2.36. The summed E-state index contributed by atoms with van der Waals surface area (Å²) in [7, 11) is 0. The van der Waals surface area contributed by atoms with Crippen LogP contribution in [0.2, 0.25) is 0 Å². The Bertz CT molecular complexity index is 889. The van der Waals surface area contributed by atoms with Crippen LogP contribution in [0.25, 0.3) is 5.65 Å². The molecule has 0 aliphatic carbocycles. The van der Waals surface area contributed by atoms with E-state index in [2.05, 4.69) is 15.6 Å². The van der Waals surface area contributed by atoms with Gasteiger partial charge in [-0.15, -0.1) is 0 Å². The summed E-state index contributed by atoms with van der Waals surface area (Å²) < 4.78 is 13.0. The van der Waals surface area contributed by atoms with E-state index in [1.165, 1.54) is 0 Å². The topological polar surface area (TPSA) is 76.9 Å². The van der Waals surface area contributed by atoms with Crippen LogP contribution in [-0.2, 0) is 13.0 Å². The number of amides is 2. The highest BCUT2D eigenvalue weighted by Crippen LogP contribution is 2.30. The zero-order valence-electron chi connectivity index (χ0n) is 14.3. The van der Waals surface area contributed by atoms with Crippen LogP contribution in [0.1, 0.15) is 11.3 Å². The van der Waals surface area contributed by atoms with Crippen molar-refractivity contribution in [3.63, 3.8) is 0 Å². The number of ether oxygens (including phenoxy) is 2. The largest absolute Gasteiger partial charge is 0.486 e. The molecule has 7 heteroatoms. The molecule has 134 valence electrons. The first-order valence-electron chi connectivity index (χ1n) is 8.61. The van der Waals surface area contributed by atoms with Crippen LogP contribution in [0, 0.1) is 0 Å². The molecule has 7 nitrogen and oxygen atoms in total. The third-order valence-electron chi connectivity index (χ3n) is 4.14. The first-order chi connectivity index (χ1) is 12.8. The van der Waals surface area contributed by atoms with Crippen LogP contribution in [0.15, 0.2) is 48.8 Å². The Kier molecular flexibility index (Phi) is 4.59. The van der Waals surface area contributed by atoms with Crippen molar-refractivity contribution in [3.8, 4) is 11.5 Å². The van der Waals surface area contributed by atoms with Crippen molar-refractivity contribution in [2.24, 2.45) is 0 Å². The molecule has 1 aliphatic heterocycles. The molecule has 1 aliphatic rings. The maximum absolute atomic E-state index is 12.0. The summed E-state index contributed by atoms with van der Waals surface area (Å²) in [6.45, 7) is 2.07. The number of imidazole rings is 1. The summed E-state index contributed by atoms with van der Waals surface area (Å²) in [6, 6.07) is 11.3. The Hall–Kier alpha value is -3.22. The second-order valence-electron chi connectivity index (χ2n) is 6.04. The molecule has 26 heavy (non-hydrogen) atoms. The molecule has 0 radical (unpaired) electrons. The number of urea groups is 1. The van der Waals surface area contributed by atoms with Gasteiger partial charge in [-0.2, -0.15) is 0 Å². The molecule has 4 rings (SSSR count). The molecule has 0 atom stereocenters. The third kappa shape index (κ3) is 3.72. The number of aromatic nitrogens is 2. The lowest BCUT2D eigenvalue weighted by Gasteiger charge is -2.19. The number of pyridine rings is 1. The van der Waals surface area contributed by atoms with Crippen molar-refractivity contribution in [2.75, 3.05) is 19.8 Å². The summed E-state index contributed by atoms with van der Waals surface area (Å²) in [5.41, 5.74) is 2.82. The molecule has 2 aromatic heterocycles. The van der Waals surface area contributed by atoms with Crippen molar-refractivity contribution in [1.29, 1.82) is 0 Å². The molecule has 2 N–H and O–H groups in total. The summed E-state index contributed by atoms with van der Waals surface area (Å²) in [5.74, 6) is 1.47. The van der Waals surface area contributed by atoms with Gasteiger partial charge in [-0.1, -0.05) is 12.1 Å². The molecule has 0 unspecified atom stereocenters. The van der Waals surface area contributed by atoms with Gasteiger partial charge in [-0.25, -0.2) is 9.78 Å². The number of benzene rings is 1. The van der Waals surface area contributed by atoms with Gasteiger partial charge >= 0.3 is 6.03 Å². The van der Waals surface area contributed by atoms with Crippen molar-refractivity contribution >= 4 is 11.7 Å².